The molecule has 0 spiro atoms. The van der Waals surface area contributed by atoms with E-state index in [9.17, 15) is 0 Å². The summed E-state index contributed by atoms with van der Waals surface area (Å²) in [5, 5.41) is 11.7. The topological polar surface area (TPSA) is 29.3 Å². The van der Waals surface area contributed by atoms with Gasteiger partial charge in [-0.05, 0) is 42.0 Å². The van der Waals surface area contributed by atoms with Crippen LogP contribution in [0.1, 0.15) is 22.9 Å². The number of nitrogens with one attached hydrogen (secondary N) is 1. The van der Waals surface area contributed by atoms with Crippen LogP contribution in [0.5, 0.6) is 0 Å². The minimum absolute atomic E-state index is 0.193. The Labute approximate surface area is 290 Å². The van der Waals surface area contributed by atoms with E-state index in [1.165, 1.54) is 62.2 Å². The quantitative estimate of drug-likeness (QED) is 0.201. The number of hydrogen-bond acceptors (Lipinski definition) is 4. The van der Waals surface area contributed by atoms with E-state index in [1.807, 2.05) is 22.7 Å². The first-order valence-electron chi connectivity index (χ1n) is 16.6. The third-order valence-electron chi connectivity index (χ3n) is 10.0. The first-order valence-corrected chi connectivity index (χ1v) is 18.2. The van der Waals surface area contributed by atoms with Gasteiger partial charge in [-0.2, -0.15) is 0 Å². The first kappa shape index (κ1) is 27.2. The molecule has 1 unspecified atom stereocenters. The number of rotatable bonds is 3. The maximum absolute atomic E-state index is 5.28. The molecule has 3 nitrogen and oxygen atoms in total. The zero-order valence-electron chi connectivity index (χ0n) is 26.2. The molecule has 0 bridgehead atoms. The molecule has 1 aliphatic heterocycles. The molecule has 11 rings (SSSR count). The lowest BCUT2D eigenvalue weighted by atomic mass is 9.97. The lowest BCUT2D eigenvalue weighted by Crippen LogP contribution is -2.20. The van der Waals surface area contributed by atoms with Crippen LogP contribution in [0.15, 0.2) is 157 Å². The molecular weight excluding hydrogens is 635 g/mol. The largest absolute Gasteiger partial charge is 0.360 e. The van der Waals surface area contributed by atoms with E-state index in [2.05, 4.69) is 162 Å². The Morgan fingerprint density at radius 2 is 1.14 bits per heavy atom. The van der Waals surface area contributed by atoms with Gasteiger partial charge < -0.3 is 9.88 Å². The van der Waals surface area contributed by atoms with E-state index < -0.39 is 0 Å². The van der Waals surface area contributed by atoms with Crippen LogP contribution >= 0.6 is 22.7 Å². The van der Waals surface area contributed by atoms with Gasteiger partial charge in [0.2, 0.25) is 0 Å². The highest BCUT2D eigenvalue weighted by Gasteiger charge is 2.25. The Hall–Kier alpha value is -5.75. The van der Waals surface area contributed by atoms with Crippen LogP contribution in [-0.2, 0) is 0 Å². The lowest BCUT2D eigenvalue weighted by molar-refractivity contribution is 0.827. The minimum Gasteiger partial charge on any atom is -0.360 e. The number of fused-ring (bicyclic) bond motifs is 13. The van der Waals surface area contributed by atoms with Gasteiger partial charge in [0, 0.05) is 64.2 Å². The number of thiophene rings is 2. The molecule has 0 fully saturated rings. The van der Waals surface area contributed by atoms with Gasteiger partial charge in [0.05, 0.1) is 26.1 Å². The second-order valence-corrected chi connectivity index (χ2v) is 14.8. The Balaban J connectivity index is 1.17. The van der Waals surface area contributed by atoms with Crippen molar-refractivity contribution in [2.75, 3.05) is 5.32 Å². The van der Waals surface area contributed by atoms with Crippen molar-refractivity contribution >= 4 is 96.2 Å². The van der Waals surface area contributed by atoms with Crippen LogP contribution in [0.4, 0.5) is 5.69 Å². The number of hydrogen-bond donors (Lipinski definition) is 1. The smallest absolute Gasteiger partial charge is 0.145 e. The summed E-state index contributed by atoms with van der Waals surface area (Å²) in [6.45, 7) is 0. The molecule has 5 heteroatoms. The fourth-order valence-electron chi connectivity index (χ4n) is 7.88. The van der Waals surface area contributed by atoms with Gasteiger partial charge in [-0.1, -0.05) is 115 Å². The third-order valence-corrected chi connectivity index (χ3v) is 12.5. The summed E-state index contributed by atoms with van der Waals surface area (Å²) in [5.41, 5.74) is 9.16. The lowest BCUT2D eigenvalue weighted by Gasteiger charge is -2.26. The standard InChI is InChI=1S/C44H27N3S2/c1-2-12-26(13-3-1)40-29-14-4-8-18-33(29)45-44(46-40)27-22-24-28(25-23-27)47-34-19-9-5-15-30(34)37-38-31-16-6-10-20-35(31)48-42(38)43-39(41(37)47)32-17-7-11-21-36(32)49-43/h1-25,44-45H. The summed E-state index contributed by atoms with van der Waals surface area (Å²) in [7, 11) is 0. The average molecular weight is 662 g/mol. The van der Waals surface area contributed by atoms with E-state index in [0.717, 1.165) is 33.8 Å². The van der Waals surface area contributed by atoms with Gasteiger partial charge in [0.15, 0.2) is 0 Å². The molecule has 0 radical (unpaired) electrons. The molecule has 10 aromatic rings. The SMILES string of the molecule is c1ccc(C2=NC(c3ccc(-n4c5ccccc5c5c6c7ccccc7sc6c6sc7ccccc7c6c54)cc3)Nc3ccccc32)cc1. The Morgan fingerprint density at radius 1 is 0.531 bits per heavy atom. The molecule has 0 amide bonds. The van der Waals surface area contributed by atoms with Crippen molar-refractivity contribution in [2.24, 2.45) is 4.99 Å². The number of nitrogens with zero attached hydrogens (tertiary/aromatic N) is 2. The minimum atomic E-state index is -0.193. The molecule has 1 atom stereocenters. The highest BCUT2D eigenvalue weighted by molar-refractivity contribution is 7.33. The molecular formula is C44H27N3S2. The predicted molar refractivity (Wildman–Crippen MR) is 211 cm³/mol. The zero-order chi connectivity index (χ0) is 32.1. The zero-order valence-corrected chi connectivity index (χ0v) is 27.9. The molecule has 0 saturated heterocycles. The van der Waals surface area contributed by atoms with Crippen molar-refractivity contribution in [1.82, 2.24) is 4.57 Å². The van der Waals surface area contributed by atoms with Crippen LogP contribution in [0.2, 0.25) is 0 Å². The molecule has 230 valence electrons. The Bertz CT molecular complexity index is 2960. The Morgan fingerprint density at radius 3 is 1.92 bits per heavy atom. The average Bonchev–Trinajstić information content (AvgIpc) is 3.85. The van der Waals surface area contributed by atoms with E-state index in [4.69, 9.17) is 4.99 Å². The van der Waals surface area contributed by atoms with Gasteiger partial charge in [-0.25, -0.2) is 0 Å². The summed E-state index contributed by atoms with van der Waals surface area (Å²) < 4.78 is 7.93. The van der Waals surface area contributed by atoms with Crippen molar-refractivity contribution in [3.63, 3.8) is 0 Å². The number of aliphatic imine (C=N–C) groups is 1. The van der Waals surface area contributed by atoms with E-state index in [-0.39, 0.29) is 6.17 Å². The summed E-state index contributed by atoms with van der Waals surface area (Å²) in [5.74, 6) is 0. The van der Waals surface area contributed by atoms with Crippen LogP contribution in [0.25, 0.3) is 67.8 Å². The molecule has 1 N–H and O–H groups in total. The van der Waals surface area contributed by atoms with E-state index in [1.54, 1.807) is 0 Å². The molecule has 4 heterocycles. The maximum Gasteiger partial charge on any atom is 0.145 e. The normalized spacial score (nSPS) is 14.6. The van der Waals surface area contributed by atoms with Crippen LogP contribution < -0.4 is 5.32 Å². The van der Waals surface area contributed by atoms with Crippen LogP contribution in [0.3, 0.4) is 0 Å². The molecule has 0 aliphatic carbocycles. The fraction of sp³-hybridized carbons (Fsp3) is 0.0227. The summed E-state index contributed by atoms with van der Waals surface area (Å²) in [6, 6.07) is 54.8. The maximum atomic E-state index is 5.28. The van der Waals surface area contributed by atoms with Gasteiger partial charge in [0.25, 0.3) is 0 Å². The van der Waals surface area contributed by atoms with Gasteiger partial charge in [0.1, 0.15) is 6.17 Å². The fourth-order valence-corrected chi connectivity index (χ4v) is 10.4. The van der Waals surface area contributed by atoms with E-state index >= 15 is 0 Å². The summed E-state index contributed by atoms with van der Waals surface area (Å²) >= 11 is 3.85. The van der Waals surface area contributed by atoms with Crippen LogP contribution in [-0.4, -0.2) is 10.3 Å². The third kappa shape index (κ3) is 3.91. The van der Waals surface area contributed by atoms with Crippen molar-refractivity contribution < 1.29 is 0 Å². The highest BCUT2D eigenvalue weighted by Crippen LogP contribution is 2.52. The number of para-hydroxylation sites is 2. The van der Waals surface area contributed by atoms with E-state index in [0.29, 0.717) is 0 Å². The van der Waals surface area contributed by atoms with Crippen molar-refractivity contribution in [1.29, 1.82) is 0 Å². The number of benzene rings is 7. The summed E-state index contributed by atoms with van der Waals surface area (Å²) in [6.07, 6.45) is -0.193. The molecule has 1 aliphatic rings. The van der Waals surface area contributed by atoms with Crippen molar-refractivity contribution in [3.05, 3.63) is 168 Å². The van der Waals surface area contributed by atoms with Crippen molar-refractivity contribution in [3.8, 4) is 5.69 Å². The van der Waals surface area contributed by atoms with Gasteiger partial charge in [-0.3, -0.25) is 4.99 Å². The molecule has 7 aromatic carbocycles. The molecule has 0 saturated carbocycles. The summed E-state index contributed by atoms with van der Waals surface area (Å²) in [4.78, 5) is 5.28. The monoisotopic (exact) mass is 661 g/mol. The molecule has 49 heavy (non-hydrogen) atoms. The van der Waals surface area contributed by atoms with Gasteiger partial charge >= 0.3 is 0 Å². The van der Waals surface area contributed by atoms with Crippen LogP contribution in [0, 0.1) is 0 Å². The molecule has 3 aromatic heterocycles. The van der Waals surface area contributed by atoms with Gasteiger partial charge in [-0.15, -0.1) is 22.7 Å². The first-order chi connectivity index (χ1) is 24.3. The second kappa shape index (κ2) is 10.4. The second-order valence-electron chi connectivity index (χ2n) is 12.7. The predicted octanol–water partition coefficient (Wildman–Crippen LogP) is 12.5. The number of aromatic nitrogens is 1. The Kier molecular flexibility index (Phi) is 5.76. The van der Waals surface area contributed by atoms with Crippen molar-refractivity contribution in [2.45, 2.75) is 6.17 Å². The highest BCUT2D eigenvalue weighted by atomic mass is 32.1. The number of anilines is 1.